The maximum Gasteiger partial charge on any atom is 0.187 e. The smallest absolute Gasteiger partial charge is 0.187 e. The van der Waals surface area contributed by atoms with Crippen LogP contribution in [0.1, 0.15) is 6.42 Å². The first kappa shape index (κ1) is 67.3. The number of hydrogen-bond acceptors (Lipinski definition) is 36. The molecule has 21 fully saturated rings. The van der Waals surface area contributed by atoms with E-state index in [1.165, 1.54) is 11.8 Å². The van der Waals surface area contributed by atoms with Crippen LogP contribution in [0.3, 0.4) is 0 Å². The average molecular weight is 1240 g/mol. The van der Waals surface area contributed by atoms with E-state index in [4.69, 9.17) is 66.3 Å². The summed E-state index contributed by atoms with van der Waals surface area (Å²) in [5.74, 6) is 1.27. The molecule has 21 heterocycles. The van der Waals surface area contributed by atoms with Crippen LogP contribution in [-0.4, -0.2) is 380 Å². The second kappa shape index (κ2) is 29.8. The van der Waals surface area contributed by atoms with Crippen LogP contribution in [0.2, 0.25) is 0 Å². The van der Waals surface area contributed by atoms with Crippen molar-refractivity contribution >= 4 is 23.5 Å². The van der Waals surface area contributed by atoms with Gasteiger partial charge in [-0.05, 0) is 24.2 Å². The molecule has 0 radical (unpaired) electrons. The zero-order chi connectivity index (χ0) is 59.6. The zero-order valence-corrected chi connectivity index (χ0v) is 45.4. The molecule has 14 bridgehead atoms. The fourth-order valence-electron chi connectivity index (χ4n) is 10.9. The molecule has 0 amide bonds. The third-order valence-corrected chi connectivity index (χ3v) is 17.4. The van der Waals surface area contributed by atoms with Crippen molar-refractivity contribution in [3.05, 3.63) is 0 Å². The predicted octanol–water partition coefficient (Wildman–Crippen LogP) is -12.7. The summed E-state index contributed by atoms with van der Waals surface area (Å²) in [4.78, 5) is 0. The highest BCUT2D eigenvalue weighted by Gasteiger charge is 2.59. The van der Waals surface area contributed by atoms with E-state index in [1.807, 2.05) is 6.26 Å². The van der Waals surface area contributed by atoms with Crippen LogP contribution in [0.25, 0.3) is 0 Å². The average Bonchev–Trinajstić information content (AvgIpc) is 2.82. The Bertz CT molecular complexity index is 1920. The molecule has 0 aromatic heterocycles. The monoisotopic (exact) mass is 1240 g/mol. The molecule has 478 valence electrons. The zero-order valence-electron chi connectivity index (χ0n) is 43.8. The molecule has 21 aliphatic heterocycles. The van der Waals surface area contributed by atoms with E-state index < -0.39 is 255 Å². The number of aliphatic hydroxyl groups is 20. The van der Waals surface area contributed by atoms with Crippen molar-refractivity contribution in [2.75, 3.05) is 63.2 Å². The van der Waals surface area contributed by atoms with Crippen molar-refractivity contribution in [1.82, 2.24) is 0 Å². The summed E-state index contributed by atoms with van der Waals surface area (Å²) in [6, 6.07) is 0. The number of rotatable bonds is 12. The Balaban J connectivity index is 1.09. The van der Waals surface area contributed by atoms with Crippen LogP contribution >= 0.6 is 23.5 Å². The minimum absolute atomic E-state index is 0.0246. The third kappa shape index (κ3) is 14.0. The van der Waals surface area contributed by atoms with Gasteiger partial charge in [-0.3, -0.25) is 0 Å². The van der Waals surface area contributed by atoms with Gasteiger partial charge < -0.3 is 168 Å². The van der Waals surface area contributed by atoms with Crippen LogP contribution in [0.5, 0.6) is 0 Å². The lowest BCUT2D eigenvalue weighted by molar-refractivity contribution is -0.396. The summed E-state index contributed by atoms with van der Waals surface area (Å²) in [5, 5.41) is 223. The molecule has 0 spiro atoms. The van der Waals surface area contributed by atoms with Crippen LogP contribution in [0, 0.1) is 0 Å². The predicted molar refractivity (Wildman–Crippen MR) is 262 cm³/mol. The molecule has 0 unspecified atom stereocenters. The van der Waals surface area contributed by atoms with Gasteiger partial charge in [0, 0.05) is 5.75 Å². The SMILES string of the molecule is CSCCCSC[C@@H]1O[C@@H]2O[C@H]3[C@@H](O)[C@@H](O)[C@@H](O[C@H]4[C@@H](O)[C@H](O)[C@@H](O[C@H]5[C@H](O)[C@H](O)[C@@H](O[C@H]6[C@H](O)[C@@H](O)[C@@H](O[C@H]7[C@H](O)[C@@H](O)[C@@H](O[C@H]8[C@H](O)[C@@H](O)[C@@H](O[C@H]1[C@H](O)[C@H]2O)O[C@H]8CO)O[C@H]7CO)O[C@H]6CO)O[C@@H]5CO)O[C@@H]4CO)O[C@@H]3CO. The largest absolute Gasteiger partial charge is 0.394 e. The number of thioether (sulfide) groups is 2. The van der Waals surface area contributed by atoms with Gasteiger partial charge in [0.25, 0.3) is 0 Å². The summed E-state index contributed by atoms with van der Waals surface area (Å²) >= 11 is 2.88. The fourth-order valence-corrected chi connectivity index (χ4v) is 12.5. The molecule has 36 heteroatoms. The number of hydrogen-bond donors (Lipinski definition) is 20. The Morgan fingerprint density at radius 3 is 0.610 bits per heavy atom. The van der Waals surface area contributed by atoms with Crippen molar-refractivity contribution < 1.29 is 168 Å². The quantitative estimate of drug-likeness (QED) is 0.0807. The first-order valence-corrected chi connectivity index (χ1v) is 29.1. The van der Waals surface area contributed by atoms with Gasteiger partial charge in [-0.25, -0.2) is 0 Å². The molecule has 20 N–H and O–H groups in total. The minimum atomic E-state index is -2.20. The van der Waals surface area contributed by atoms with E-state index in [9.17, 15) is 102 Å². The Labute approximate surface area is 475 Å². The highest BCUT2D eigenvalue weighted by Crippen LogP contribution is 2.39. The summed E-state index contributed by atoms with van der Waals surface area (Å²) in [7, 11) is 0. The van der Waals surface area contributed by atoms with Crippen molar-refractivity contribution in [2.45, 2.75) is 221 Å². The molecule has 34 nitrogen and oxygen atoms in total. The molecule has 21 rings (SSSR count). The summed E-state index contributed by atoms with van der Waals surface area (Å²) in [6.45, 7) is -6.13. The lowest BCUT2D eigenvalue weighted by Gasteiger charge is -2.50. The van der Waals surface area contributed by atoms with E-state index >= 15 is 0 Å². The van der Waals surface area contributed by atoms with Crippen molar-refractivity contribution in [1.29, 1.82) is 0 Å². The van der Waals surface area contributed by atoms with Crippen molar-refractivity contribution in [3.8, 4) is 0 Å². The molecule has 21 saturated heterocycles. The van der Waals surface area contributed by atoms with E-state index in [0.29, 0.717) is 12.2 Å². The molecule has 0 aromatic rings. The van der Waals surface area contributed by atoms with Crippen LogP contribution in [0.4, 0.5) is 0 Å². The van der Waals surface area contributed by atoms with Crippen LogP contribution in [0.15, 0.2) is 0 Å². The van der Waals surface area contributed by atoms with E-state index in [2.05, 4.69) is 0 Å². The molecule has 0 saturated carbocycles. The number of ether oxygens (including phenoxy) is 14. The Morgan fingerprint density at radius 2 is 0.427 bits per heavy atom. The van der Waals surface area contributed by atoms with E-state index in [0.717, 1.165) is 5.75 Å². The molecular formula is C46H78O34S2. The van der Waals surface area contributed by atoms with Crippen molar-refractivity contribution in [3.63, 3.8) is 0 Å². The summed E-state index contributed by atoms with van der Waals surface area (Å²) in [5.41, 5.74) is 0. The third-order valence-electron chi connectivity index (χ3n) is 15.5. The summed E-state index contributed by atoms with van der Waals surface area (Å²) in [6.07, 6.45) is -65.8. The fraction of sp³-hybridized carbons (Fsp3) is 1.00. The molecule has 21 aliphatic rings. The lowest BCUT2D eigenvalue weighted by Crippen LogP contribution is -2.68. The first-order chi connectivity index (χ1) is 39.2. The maximum atomic E-state index is 11.7. The van der Waals surface area contributed by atoms with Gasteiger partial charge >= 0.3 is 0 Å². The van der Waals surface area contributed by atoms with Crippen LogP contribution in [-0.2, 0) is 66.3 Å². The standard InChI is InChI=1S/C46H78O34S2/c1-81-3-2-4-82-11-18-39-25(59)32(66)46(73-18)79-38-17(10-52)71-44(30(64)23(38)57)77-36-15(8-50)69-42(28(62)21(36)55)75-34-13(6-48)67-40(26(60)19(34)53)74-33-12(5-47)68-41(27(61)20(33)54)76-35-14(7-49)70-43(29(63)22(35)56)78-37-16(9-51)72-45(80-39)31(65)24(37)58/h12-66H,2-11H2,1H3/t12-,13+,14-,15+,16-,17+,18-,19+,20+,21-,22+,23-,24+,25+,26-,27+,28-,29+,30+,31+,32+,33+,34+,35+,36+,37+,38+,39+,40+,41+,42+,43+,44+,45+,46+/m0/s1. The van der Waals surface area contributed by atoms with E-state index in [-0.39, 0.29) is 5.75 Å². The summed E-state index contributed by atoms with van der Waals surface area (Å²) < 4.78 is 81.3. The second-order valence-corrected chi connectivity index (χ2v) is 23.0. The number of aliphatic hydroxyl groups excluding tert-OH is 20. The Kier molecular flexibility index (Phi) is 24.4. The molecule has 0 aliphatic carbocycles. The van der Waals surface area contributed by atoms with Gasteiger partial charge in [-0.1, -0.05) is 0 Å². The first-order valence-electron chi connectivity index (χ1n) is 26.6. The van der Waals surface area contributed by atoms with Crippen LogP contribution < -0.4 is 0 Å². The molecular weight excluding hydrogens is 1160 g/mol. The topological polar surface area (TPSA) is 534 Å². The Hall–Kier alpha value is -0.660. The minimum Gasteiger partial charge on any atom is -0.394 e. The highest BCUT2D eigenvalue weighted by molar-refractivity contribution is 7.99. The van der Waals surface area contributed by atoms with Crippen molar-refractivity contribution in [2.24, 2.45) is 0 Å². The van der Waals surface area contributed by atoms with Gasteiger partial charge in [-0.2, -0.15) is 23.5 Å². The van der Waals surface area contributed by atoms with Gasteiger partial charge in [0.15, 0.2) is 44.0 Å². The molecule has 35 atom stereocenters. The lowest BCUT2D eigenvalue weighted by atomic mass is 9.95. The van der Waals surface area contributed by atoms with Gasteiger partial charge in [0.1, 0.15) is 165 Å². The maximum absolute atomic E-state index is 11.7. The molecule has 82 heavy (non-hydrogen) atoms. The van der Waals surface area contributed by atoms with E-state index in [1.54, 1.807) is 11.8 Å². The normalized spacial score (nSPS) is 52.7. The second-order valence-electron chi connectivity index (χ2n) is 20.9. The molecule has 0 aromatic carbocycles. The van der Waals surface area contributed by atoms with Gasteiger partial charge in [-0.15, -0.1) is 0 Å². The van der Waals surface area contributed by atoms with Gasteiger partial charge in [0.05, 0.1) is 45.7 Å². The van der Waals surface area contributed by atoms with Gasteiger partial charge in [0.2, 0.25) is 0 Å². The Morgan fingerprint density at radius 1 is 0.244 bits per heavy atom. The highest BCUT2D eigenvalue weighted by atomic mass is 32.2.